The number of nitriles is 1. The predicted molar refractivity (Wildman–Crippen MR) is 195 cm³/mol. The first-order chi connectivity index (χ1) is 24.2. The third-order valence-electron chi connectivity index (χ3n) is 8.98. The first-order valence-corrected chi connectivity index (χ1v) is 16.1. The highest BCUT2D eigenvalue weighted by Gasteiger charge is 2.20. The molecule has 4 heterocycles. The number of pyridine rings is 2. The molecule has 4 aromatic carbocycles. The van der Waals surface area contributed by atoms with Gasteiger partial charge in [-0.3, -0.25) is 9.55 Å². The largest absolute Gasteiger partial charge is 0.456 e. The second-order valence-corrected chi connectivity index (χ2v) is 13.2. The molecule has 240 valence electrons. The SMILES string of the molecule is [C-]#[N+]c1cc(-c2cc3ccn(-c4ccccc4)c3cn2)cc(Oc2ccc3c4cc(C#N)ccc4n(-c4cc(C(C)(C)C)ccn4)c3c2)c1F. The minimum Gasteiger partial charge on any atom is -0.456 e. The third-order valence-corrected chi connectivity index (χ3v) is 8.98. The molecule has 0 N–H and O–H groups in total. The highest BCUT2D eigenvalue weighted by molar-refractivity contribution is 6.10. The van der Waals surface area contributed by atoms with E-state index in [-0.39, 0.29) is 16.9 Å². The van der Waals surface area contributed by atoms with Gasteiger partial charge in [-0.15, -0.1) is 0 Å². The summed E-state index contributed by atoms with van der Waals surface area (Å²) in [6.45, 7) is 14.2. The first kappa shape index (κ1) is 30.6. The second-order valence-electron chi connectivity index (χ2n) is 13.2. The molecule has 0 aliphatic carbocycles. The van der Waals surface area contributed by atoms with E-state index in [1.807, 2.05) is 83.6 Å². The molecule has 0 aliphatic rings. The summed E-state index contributed by atoms with van der Waals surface area (Å²) in [5.74, 6) is 0.257. The van der Waals surface area contributed by atoms with E-state index in [0.717, 1.165) is 44.0 Å². The smallest absolute Gasteiger partial charge is 0.226 e. The average molecular weight is 653 g/mol. The molecule has 0 aliphatic heterocycles. The highest BCUT2D eigenvalue weighted by Crippen LogP contribution is 2.40. The Morgan fingerprint density at radius 3 is 2.46 bits per heavy atom. The van der Waals surface area contributed by atoms with Crippen LogP contribution in [0.2, 0.25) is 0 Å². The number of fused-ring (bicyclic) bond motifs is 4. The third kappa shape index (κ3) is 5.20. The second kappa shape index (κ2) is 11.7. The lowest BCUT2D eigenvalue weighted by atomic mass is 9.88. The van der Waals surface area contributed by atoms with Gasteiger partial charge in [-0.2, -0.15) is 5.26 Å². The number of benzene rings is 4. The Labute approximate surface area is 287 Å². The quantitative estimate of drug-likeness (QED) is 0.173. The lowest BCUT2D eigenvalue weighted by Crippen LogP contribution is -2.12. The van der Waals surface area contributed by atoms with Crippen molar-refractivity contribution >= 4 is 38.4 Å². The van der Waals surface area contributed by atoms with Crippen LogP contribution in [0.5, 0.6) is 11.5 Å². The van der Waals surface area contributed by atoms with Gasteiger partial charge in [-0.25, -0.2) is 14.2 Å². The zero-order valence-electron chi connectivity index (χ0n) is 27.5. The summed E-state index contributed by atoms with van der Waals surface area (Å²) < 4.78 is 26.1. The van der Waals surface area contributed by atoms with E-state index in [2.05, 4.69) is 42.3 Å². The van der Waals surface area contributed by atoms with Crippen LogP contribution >= 0.6 is 0 Å². The van der Waals surface area contributed by atoms with Gasteiger partial charge in [-0.05, 0) is 95.4 Å². The van der Waals surface area contributed by atoms with Gasteiger partial charge in [0.15, 0.2) is 11.6 Å². The lowest BCUT2D eigenvalue weighted by Gasteiger charge is -2.20. The number of halogens is 1. The van der Waals surface area contributed by atoms with Gasteiger partial charge < -0.3 is 9.30 Å². The van der Waals surface area contributed by atoms with Gasteiger partial charge in [0.1, 0.15) is 11.6 Å². The Morgan fingerprint density at radius 1 is 0.840 bits per heavy atom. The van der Waals surface area contributed by atoms with Crippen LogP contribution < -0.4 is 4.74 Å². The van der Waals surface area contributed by atoms with Crippen LogP contribution in [0.1, 0.15) is 31.9 Å². The summed E-state index contributed by atoms with van der Waals surface area (Å²) in [5.41, 5.74) is 6.15. The number of hydrogen-bond acceptors (Lipinski definition) is 4. The molecular weight excluding hydrogens is 624 g/mol. The first-order valence-electron chi connectivity index (χ1n) is 16.1. The zero-order valence-corrected chi connectivity index (χ0v) is 27.5. The number of para-hydroxylation sites is 1. The summed E-state index contributed by atoms with van der Waals surface area (Å²) in [5, 5.41) is 12.4. The molecule has 0 spiro atoms. The summed E-state index contributed by atoms with van der Waals surface area (Å²) in [6, 6.07) is 34.4. The molecule has 0 atom stereocenters. The molecule has 8 aromatic rings. The van der Waals surface area contributed by atoms with E-state index in [4.69, 9.17) is 21.3 Å². The van der Waals surface area contributed by atoms with Gasteiger partial charge in [0.2, 0.25) is 5.69 Å². The Morgan fingerprint density at radius 2 is 1.68 bits per heavy atom. The number of hydrogen-bond donors (Lipinski definition) is 0. The molecule has 50 heavy (non-hydrogen) atoms. The van der Waals surface area contributed by atoms with Gasteiger partial charge >= 0.3 is 0 Å². The minimum absolute atomic E-state index is 0.0844. The van der Waals surface area contributed by atoms with Gasteiger partial charge in [0.05, 0.1) is 46.6 Å². The van der Waals surface area contributed by atoms with Crippen molar-refractivity contribution in [3.8, 4) is 40.3 Å². The summed E-state index contributed by atoms with van der Waals surface area (Å²) >= 11 is 0. The lowest BCUT2D eigenvalue weighted by molar-refractivity contribution is 0.445. The highest BCUT2D eigenvalue weighted by atomic mass is 19.1. The van der Waals surface area contributed by atoms with E-state index in [0.29, 0.717) is 28.4 Å². The summed E-state index contributed by atoms with van der Waals surface area (Å²) in [6.07, 6.45) is 5.57. The number of nitrogens with zero attached hydrogens (tertiary/aromatic N) is 6. The fraction of sp³-hybridized carbons (Fsp3) is 0.0952. The van der Waals surface area contributed by atoms with Crippen LogP contribution in [-0.2, 0) is 5.41 Å². The van der Waals surface area contributed by atoms with Gasteiger partial charge in [0, 0.05) is 40.3 Å². The molecule has 0 unspecified atom stereocenters. The molecule has 0 bridgehead atoms. The molecular formula is C42H29FN6O. The van der Waals surface area contributed by atoms with Gasteiger partial charge in [0.25, 0.3) is 0 Å². The van der Waals surface area contributed by atoms with Crippen LogP contribution in [-0.4, -0.2) is 19.1 Å². The van der Waals surface area contributed by atoms with Crippen LogP contribution in [0, 0.1) is 23.7 Å². The minimum atomic E-state index is -0.751. The van der Waals surface area contributed by atoms with Crippen molar-refractivity contribution in [2.75, 3.05) is 0 Å². The van der Waals surface area contributed by atoms with E-state index < -0.39 is 5.82 Å². The standard InChI is InChI=1S/C42H29FN6O/c1-42(2,3)29-14-16-46-40(22-29)49-36-13-10-26(24-44)18-33(36)32-12-11-31(23-37(32)49)50-39-21-28(20-35(45-4)41(39)43)34-19-27-15-17-48(38(27)25-47-34)30-8-6-5-7-9-30/h5-23,25H,1-3H3. The Bertz CT molecular complexity index is 2710. The van der Waals surface area contributed by atoms with E-state index in [9.17, 15) is 5.26 Å². The fourth-order valence-electron chi connectivity index (χ4n) is 6.41. The van der Waals surface area contributed by atoms with Crippen molar-refractivity contribution in [1.29, 1.82) is 5.26 Å². The van der Waals surface area contributed by atoms with Crippen LogP contribution in [0.3, 0.4) is 0 Å². The molecule has 4 aromatic heterocycles. The van der Waals surface area contributed by atoms with E-state index in [1.165, 1.54) is 6.07 Å². The normalized spacial score (nSPS) is 11.6. The molecule has 0 amide bonds. The van der Waals surface area contributed by atoms with Crippen molar-refractivity contribution in [3.63, 3.8) is 0 Å². The molecule has 7 nitrogen and oxygen atoms in total. The maximum atomic E-state index is 15.8. The molecule has 8 heteroatoms. The van der Waals surface area contributed by atoms with Crippen LogP contribution in [0.15, 0.2) is 122 Å². The summed E-state index contributed by atoms with van der Waals surface area (Å²) in [7, 11) is 0. The summed E-state index contributed by atoms with van der Waals surface area (Å²) in [4.78, 5) is 12.9. The number of rotatable bonds is 5. The number of ether oxygens (including phenoxy) is 1. The van der Waals surface area contributed by atoms with Crippen molar-refractivity contribution in [2.45, 2.75) is 26.2 Å². The van der Waals surface area contributed by atoms with Crippen molar-refractivity contribution in [3.05, 3.63) is 150 Å². The fourth-order valence-corrected chi connectivity index (χ4v) is 6.41. The van der Waals surface area contributed by atoms with Gasteiger partial charge in [-0.1, -0.05) is 39.0 Å². The molecule has 0 radical (unpaired) electrons. The Balaban J connectivity index is 1.23. The molecule has 0 saturated carbocycles. The van der Waals surface area contributed by atoms with Crippen molar-refractivity contribution < 1.29 is 9.13 Å². The average Bonchev–Trinajstić information content (AvgIpc) is 3.70. The van der Waals surface area contributed by atoms with E-state index in [1.54, 1.807) is 30.6 Å². The molecule has 0 fully saturated rings. The Hall–Kier alpha value is -6.77. The monoisotopic (exact) mass is 652 g/mol. The van der Waals surface area contributed by atoms with Crippen molar-refractivity contribution in [2.24, 2.45) is 0 Å². The molecule has 8 rings (SSSR count). The maximum Gasteiger partial charge on any atom is 0.226 e. The predicted octanol–water partition coefficient (Wildman–Crippen LogP) is 10.8. The van der Waals surface area contributed by atoms with Crippen molar-refractivity contribution in [1.82, 2.24) is 19.1 Å². The Kier molecular flexibility index (Phi) is 7.17. The van der Waals surface area contributed by atoms with Crippen LogP contribution in [0.25, 0.3) is 60.3 Å². The van der Waals surface area contributed by atoms with Crippen LogP contribution in [0.4, 0.5) is 10.1 Å². The zero-order chi connectivity index (χ0) is 34.6. The maximum absolute atomic E-state index is 15.8. The number of aromatic nitrogens is 4. The van der Waals surface area contributed by atoms with E-state index >= 15 is 4.39 Å². The molecule has 0 saturated heterocycles. The topological polar surface area (TPSA) is 73.0 Å².